The Bertz CT molecular complexity index is 1710. The molecule has 3 aromatic carbocycles. The largest absolute Gasteiger partial charge is 0.496 e. The van der Waals surface area contributed by atoms with E-state index >= 15 is 0 Å². The Kier molecular flexibility index (Phi) is 9.67. The summed E-state index contributed by atoms with van der Waals surface area (Å²) < 4.78 is 24.2. The molecule has 1 heterocycles. The number of ether oxygens (including phenoxy) is 4. The highest BCUT2D eigenvalue weighted by Crippen LogP contribution is 2.36. The molecule has 0 aliphatic heterocycles. The van der Waals surface area contributed by atoms with Crippen molar-refractivity contribution in [2.75, 3.05) is 20.8 Å². The monoisotopic (exact) mass is 635 g/mol. The standard InChI is InChI=1S/C32H34BrN3O6/c1-18(2)24-15-25(20(5)12-27(24)39-6)31-35-26-11-9-8-10-23(26)32(38)36(31)34-16-21-13-22(33)14-28(40-7)30(21)41-17-29(37)42-19(3)4/h8-16,18-19H,17H2,1-7H3. The Morgan fingerprint density at radius 2 is 1.76 bits per heavy atom. The Hall–Kier alpha value is -4.18. The number of aromatic nitrogens is 2. The average molecular weight is 637 g/mol. The van der Waals surface area contributed by atoms with Crippen molar-refractivity contribution in [2.24, 2.45) is 5.10 Å². The van der Waals surface area contributed by atoms with E-state index < -0.39 is 5.97 Å². The first-order valence-corrected chi connectivity index (χ1v) is 14.3. The van der Waals surface area contributed by atoms with Crippen LogP contribution in [0, 0.1) is 6.92 Å². The van der Waals surface area contributed by atoms with Crippen molar-refractivity contribution in [3.8, 4) is 28.6 Å². The van der Waals surface area contributed by atoms with Crippen LogP contribution >= 0.6 is 15.9 Å². The molecule has 0 atom stereocenters. The van der Waals surface area contributed by atoms with E-state index in [1.807, 2.05) is 25.1 Å². The third-order valence-electron chi connectivity index (χ3n) is 6.48. The minimum Gasteiger partial charge on any atom is -0.496 e. The molecule has 0 radical (unpaired) electrons. The maximum absolute atomic E-state index is 13.8. The summed E-state index contributed by atoms with van der Waals surface area (Å²) in [4.78, 5) is 30.9. The number of halogens is 1. The van der Waals surface area contributed by atoms with Crippen LogP contribution < -0.4 is 19.8 Å². The number of fused-ring (bicyclic) bond motifs is 1. The Morgan fingerprint density at radius 3 is 2.43 bits per heavy atom. The quantitative estimate of drug-likeness (QED) is 0.145. The Morgan fingerprint density at radius 1 is 1.05 bits per heavy atom. The summed E-state index contributed by atoms with van der Waals surface area (Å²) in [6, 6.07) is 14.6. The number of methoxy groups -OCH3 is 2. The summed E-state index contributed by atoms with van der Waals surface area (Å²) >= 11 is 3.49. The van der Waals surface area contributed by atoms with E-state index in [-0.39, 0.29) is 29.9 Å². The zero-order valence-electron chi connectivity index (χ0n) is 24.7. The van der Waals surface area contributed by atoms with Crippen LogP contribution in [0.5, 0.6) is 17.2 Å². The molecular weight excluding hydrogens is 602 g/mol. The molecule has 220 valence electrons. The first kappa shape index (κ1) is 30.8. The molecule has 0 saturated heterocycles. The first-order chi connectivity index (χ1) is 20.0. The third-order valence-corrected chi connectivity index (χ3v) is 6.93. The second kappa shape index (κ2) is 13.2. The molecule has 0 aliphatic rings. The summed E-state index contributed by atoms with van der Waals surface area (Å²) in [5, 5.41) is 5.05. The van der Waals surface area contributed by atoms with E-state index in [4.69, 9.17) is 23.9 Å². The van der Waals surface area contributed by atoms with Crippen LogP contribution in [0.4, 0.5) is 0 Å². The van der Waals surface area contributed by atoms with Crippen LogP contribution in [-0.2, 0) is 9.53 Å². The van der Waals surface area contributed by atoms with Crippen LogP contribution in [-0.4, -0.2) is 48.8 Å². The van der Waals surface area contributed by atoms with E-state index in [9.17, 15) is 9.59 Å². The van der Waals surface area contributed by atoms with Crippen molar-refractivity contribution in [2.45, 2.75) is 46.6 Å². The number of hydrogen-bond donors (Lipinski definition) is 0. The molecule has 0 fully saturated rings. The van der Waals surface area contributed by atoms with E-state index in [0.717, 1.165) is 22.4 Å². The fourth-order valence-electron chi connectivity index (χ4n) is 4.51. The lowest BCUT2D eigenvalue weighted by molar-refractivity contribution is -0.149. The first-order valence-electron chi connectivity index (χ1n) is 13.5. The van der Waals surface area contributed by atoms with Gasteiger partial charge in [-0.25, -0.2) is 9.78 Å². The zero-order valence-corrected chi connectivity index (χ0v) is 26.3. The van der Waals surface area contributed by atoms with Crippen molar-refractivity contribution < 1.29 is 23.7 Å². The lowest BCUT2D eigenvalue weighted by Gasteiger charge is -2.17. The minimum absolute atomic E-state index is 0.166. The number of aryl methyl sites for hydroxylation is 1. The van der Waals surface area contributed by atoms with Gasteiger partial charge in [-0.3, -0.25) is 4.79 Å². The molecule has 0 N–H and O–H groups in total. The van der Waals surface area contributed by atoms with E-state index in [1.54, 1.807) is 51.3 Å². The summed E-state index contributed by atoms with van der Waals surface area (Å²) in [7, 11) is 3.14. The fourth-order valence-corrected chi connectivity index (χ4v) is 4.97. The molecule has 4 aromatic rings. The predicted octanol–water partition coefficient (Wildman–Crippen LogP) is 6.49. The van der Waals surface area contributed by atoms with Crippen molar-refractivity contribution >= 4 is 39.0 Å². The van der Waals surface area contributed by atoms with E-state index in [2.05, 4.69) is 34.9 Å². The summed E-state index contributed by atoms with van der Waals surface area (Å²) in [5.41, 5.74) is 3.30. The lowest BCUT2D eigenvalue weighted by Crippen LogP contribution is -2.21. The number of para-hydroxylation sites is 1. The highest BCUT2D eigenvalue weighted by molar-refractivity contribution is 9.10. The Labute approximate surface area is 253 Å². The van der Waals surface area contributed by atoms with Crippen molar-refractivity contribution in [1.82, 2.24) is 9.66 Å². The van der Waals surface area contributed by atoms with Gasteiger partial charge in [0.15, 0.2) is 23.9 Å². The SMILES string of the molecule is COc1cc(C)c(-c2nc3ccccc3c(=O)n2N=Cc2cc(Br)cc(OC)c2OCC(=O)OC(C)C)cc1C(C)C. The molecule has 0 amide bonds. The lowest BCUT2D eigenvalue weighted by atomic mass is 9.96. The molecule has 0 aliphatic carbocycles. The van der Waals surface area contributed by atoms with Gasteiger partial charge in [0, 0.05) is 15.6 Å². The fraction of sp³-hybridized carbons (Fsp3) is 0.312. The minimum atomic E-state index is -0.522. The second-order valence-electron chi connectivity index (χ2n) is 10.2. The topological polar surface area (TPSA) is 101 Å². The highest BCUT2D eigenvalue weighted by atomic mass is 79.9. The number of carbonyl (C=O) groups excluding carboxylic acids is 1. The van der Waals surface area contributed by atoms with Crippen LogP contribution in [0.25, 0.3) is 22.3 Å². The summed E-state index contributed by atoms with van der Waals surface area (Å²) in [5.74, 6) is 1.44. The van der Waals surface area contributed by atoms with E-state index in [0.29, 0.717) is 32.5 Å². The molecule has 0 spiro atoms. The smallest absolute Gasteiger partial charge is 0.344 e. The highest BCUT2D eigenvalue weighted by Gasteiger charge is 2.19. The van der Waals surface area contributed by atoms with Crippen molar-refractivity contribution in [3.63, 3.8) is 0 Å². The van der Waals surface area contributed by atoms with Gasteiger partial charge in [-0.1, -0.05) is 41.9 Å². The van der Waals surface area contributed by atoms with Gasteiger partial charge in [-0.05, 0) is 74.2 Å². The van der Waals surface area contributed by atoms with Gasteiger partial charge in [0.1, 0.15) is 5.75 Å². The van der Waals surface area contributed by atoms with Gasteiger partial charge in [0.25, 0.3) is 5.56 Å². The van der Waals surface area contributed by atoms with Crippen LogP contribution in [0.1, 0.15) is 50.3 Å². The molecule has 9 nitrogen and oxygen atoms in total. The zero-order chi connectivity index (χ0) is 30.6. The number of benzene rings is 3. The predicted molar refractivity (Wildman–Crippen MR) is 167 cm³/mol. The second-order valence-corrected chi connectivity index (χ2v) is 11.1. The van der Waals surface area contributed by atoms with Crippen LogP contribution in [0.15, 0.2) is 62.9 Å². The molecule has 4 rings (SSSR count). The molecule has 1 aromatic heterocycles. The summed E-state index contributed by atoms with van der Waals surface area (Å²) in [6.07, 6.45) is 1.21. The molecule has 0 bridgehead atoms. The van der Waals surface area contributed by atoms with Gasteiger partial charge in [0.2, 0.25) is 0 Å². The molecule has 10 heteroatoms. The maximum Gasteiger partial charge on any atom is 0.344 e. The molecular formula is C32H34BrN3O6. The molecule has 0 unspecified atom stereocenters. The summed E-state index contributed by atoms with van der Waals surface area (Å²) in [6.45, 7) is 9.29. The number of carbonyl (C=O) groups is 1. The third kappa shape index (κ3) is 6.65. The van der Waals surface area contributed by atoms with Crippen molar-refractivity contribution in [3.05, 3.63) is 80.0 Å². The van der Waals surface area contributed by atoms with Gasteiger partial charge in [-0.2, -0.15) is 9.78 Å². The van der Waals surface area contributed by atoms with Gasteiger partial charge >= 0.3 is 5.97 Å². The Balaban J connectivity index is 1.91. The average Bonchev–Trinajstić information content (AvgIpc) is 2.95. The molecule has 42 heavy (non-hydrogen) atoms. The van der Waals surface area contributed by atoms with E-state index in [1.165, 1.54) is 18.0 Å². The van der Waals surface area contributed by atoms with Gasteiger partial charge < -0.3 is 18.9 Å². The molecule has 0 saturated carbocycles. The van der Waals surface area contributed by atoms with Gasteiger partial charge in [0.05, 0.1) is 37.4 Å². The normalized spacial score (nSPS) is 11.5. The number of esters is 1. The number of rotatable bonds is 10. The van der Waals surface area contributed by atoms with Gasteiger partial charge in [-0.15, -0.1) is 0 Å². The number of hydrogen-bond acceptors (Lipinski definition) is 8. The van der Waals surface area contributed by atoms with Crippen molar-refractivity contribution in [1.29, 1.82) is 0 Å². The van der Waals surface area contributed by atoms with Crippen LogP contribution in [0.3, 0.4) is 0 Å². The van der Waals surface area contributed by atoms with Crippen LogP contribution in [0.2, 0.25) is 0 Å². The number of nitrogens with zero attached hydrogens (tertiary/aromatic N) is 3. The maximum atomic E-state index is 13.8.